The molecule has 2 amide bonds. The highest BCUT2D eigenvalue weighted by atomic mass is 35.5. The van der Waals surface area contributed by atoms with E-state index >= 15 is 0 Å². The van der Waals surface area contributed by atoms with Crippen LogP contribution in [-0.4, -0.2) is 31.4 Å². The molecule has 9 heteroatoms. The normalized spacial score (nSPS) is 18.5. The second-order valence-corrected chi connectivity index (χ2v) is 12.7. The fourth-order valence-corrected chi connectivity index (χ4v) is 7.25. The van der Waals surface area contributed by atoms with Crippen LogP contribution in [0, 0.1) is 6.92 Å². The van der Waals surface area contributed by atoms with E-state index in [1.807, 2.05) is 103 Å². The number of pyridine rings is 1. The molecule has 0 bridgehead atoms. The number of aromatic amines is 1. The van der Waals surface area contributed by atoms with E-state index in [-0.39, 0.29) is 24.8 Å². The fourth-order valence-electron chi connectivity index (χ4n) is 5.53. The third-order valence-corrected chi connectivity index (χ3v) is 9.50. The number of hydrogen-bond donors (Lipinski definition) is 2. The highest BCUT2D eigenvalue weighted by Gasteiger charge is 2.58. The monoisotopic (exact) mass is 614 g/mol. The summed E-state index contributed by atoms with van der Waals surface area (Å²) < 4.78 is -1.18. The van der Waals surface area contributed by atoms with Crippen LogP contribution in [0.1, 0.15) is 34.8 Å². The molecule has 0 spiro atoms. The number of benzene rings is 3. The standard InChI is InChI=1S/C33H28Cl2N4O2S/c1-21-5-12-26(13-6-21)42-33(32(41)38-18-25-4-2-3-15-36-25)17-30(40)39(20-22-7-9-23(34)10-8-22)31(33)28-19-37-29-16-24(35)11-14-27(28)29/h2-16,19,31,37H,17-18,20H2,1H3,(H,38,41)/t31-,33-/m1/s1. The molecule has 2 N–H and O–H groups in total. The first kappa shape index (κ1) is 28.3. The van der Waals surface area contributed by atoms with Gasteiger partial charge in [-0.25, -0.2) is 0 Å². The highest BCUT2D eigenvalue weighted by molar-refractivity contribution is 8.01. The summed E-state index contributed by atoms with van der Waals surface area (Å²) in [4.78, 5) is 39.0. The topological polar surface area (TPSA) is 78.1 Å². The van der Waals surface area contributed by atoms with E-state index in [2.05, 4.69) is 15.3 Å². The number of carbonyl (C=O) groups excluding carboxylic acids is 2. The fraction of sp³-hybridized carbons (Fsp3) is 0.182. The number of thioether (sulfide) groups is 1. The summed E-state index contributed by atoms with van der Waals surface area (Å²) >= 11 is 13.9. The molecule has 42 heavy (non-hydrogen) atoms. The molecule has 3 heterocycles. The lowest BCUT2D eigenvalue weighted by molar-refractivity contribution is -0.129. The Morgan fingerprint density at radius 3 is 2.55 bits per heavy atom. The summed E-state index contributed by atoms with van der Waals surface area (Å²) in [6.45, 7) is 2.60. The smallest absolute Gasteiger partial charge is 0.239 e. The van der Waals surface area contributed by atoms with Crippen LogP contribution in [0.4, 0.5) is 0 Å². The maximum absolute atomic E-state index is 14.5. The lowest BCUT2D eigenvalue weighted by Gasteiger charge is -2.36. The van der Waals surface area contributed by atoms with Crippen LogP contribution in [-0.2, 0) is 22.7 Å². The zero-order chi connectivity index (χ0) is 29.3. The van der Waals surface area contributed by atoms with Crippen LogP contribution in [0.3, 0.4) is 0 Å². The number of carbonyl (C=O) groups is 2. The maximum atomic E-state index is 14.5. The number of nitrogens with zero attached hydrogens (tertiary/aromatic N) is 2. The van der Waals surface area contributed by atoms with Crippen molar-refractivity contribution in [2.75, 3.05) is 0 Å². The molecular weight excluding hydrogens is 587 g/mol. The molecule has 2 aromatic heterocycles. The zero-order valence-corrected chi connectivity index (χ0v) is 25.1. The Hall–Kier alpha value is -3.78. The van der Waals surface area contributed by atoms with Gasteiger partial charge in [0, 0.05) is 50.3 Å². The molecule has 6 rings (SSSR count). The minimum atomic E-state index is -1.18. The van der Waals surface area contributed by atoms with E-state index in [0.29, 0.717) is 16.6 Å². The zero-order valence-electron chi connectivity index (χ0n) is 22.8. The van der Waals surface area contributed by atoms with Crippen LogP contribution in [0.15, 0.2) is 102 Å². The van der Waals surface area contributed by atoms with Crippen LogP contribution in [0.5, 0.6) is 0 Å². The summed E-state index contributed by atoms with van der Waals surface area (Å²) in [5, 5.41) is 5.26. The molecular formula is C33H28Cl2N4O2S. The third kappa shape index (κ3) is 5.64. The van der Waals surface area contributed by atoms with E-state index in [1.165, 1.54) is 11.8 Å². The number of rotatable bonds is 8. The molecule has 0 aliphatic carbocycles. The molecule has 1 aliphatic heterocycles. The molecule has 0 radical (unpaired) electrons. The van der Waals surface area contributed by atoms with Gasteiger partial charge in [-0.05, 0) is 61.0 Å². The summed E-state index contributed by atoms with van der Waals surface area (Å²) in [7, 11) is 0. The lowest BCUT2D eigenvalue weighted by Crippen LogP contribution is -2.48. The Morgan fingerprint density at radius 2 is 1.81 bits per heavy atom. The quantitative estimate of drug-likeness (QED) is 0.190. The van der Waals surface area contributed by atoms with Gasteiger partial charge in [-0.1, -0.05) is 65.2 Å². The molecule has 0 unspecified atom stereocenters. The number of likely N-dealkylation sites (tertiary alicyclic amines) is 1. The first-order valence-corrected chi connectivity index (χ1v) is 15.1. The van der Waals surface area contributed by atoms with Gasteiger partial charge < -0.3 is 15.2 Å². The van der Waals surface area contributed by atoms with Crippen molar-refractivity contribution < 1.29 is 9.59 Å². The maximum Gasteiger partial charge on any atom is 0.239 e. The number of hydrogen-bond acceptors (Lipinski definition) is 4. The van der Waals surface area contributed by atoms with Crippen molar-refractivity contribution in [2.24, 2.45) is 0 Å². The molecule has 6 nitrogen and oxygen atoms in total. The Labute approximate surface area is 258 Å². The van der Waals surface area contributed by atoms with Gasteiger partial charge in [-0.3, -0.25) is 14.6 Å². The molecule has 1 aliphatic rings. The Kier molecular flexibility index (Phi) is 7.99. The first-order valence-electron chi connectivity index (χ1n) is 13.6. The minimum Gasteiger partial charge on any atom is -0.361 e. The first-order chi connectivity index (χ1) is 20.3. The molecule has 2 atom stereocenters. The van der Waals surface area contributed by atoms with E-state index in [9.17, 15) is 9.59 Å². The van der Waals surface area contributed by atoms with Crippen molar-refractivity contribution in [3.8, 4) is 0 Å². The molecule has 3 aromatic carbocycles. The van der Waals surface area contributed by atoms with Gasteiger partial charge in [0.1, 0.15) is 4.75 Å². The van der Waals surface area contributed by atoms with Gasteiger partial charge in [0.15, 0.2) is 0 Å². The van der Waals surface area contributed by atoms with Crippen molar-refractivity contribution in [2.45, 2.75) is 42.1 Å². The average molecular weight is 616 g/mol. The van der Waals surface area contributed by atoms with Crippen molar-refractivity contribution >= 4 is 57.7 Å². The summed E-state index contributed by atoms with van der Waals surface area (Å²) in [5.74, 6) is -0.329. The van der Waals surface area contributed by atoms with Gasteiger partial charge in [-0.15, -0.1) is 11.8 Å². The Morgan fingerprint density at radius 1 is 1.05 bits per heavy atom. The van der Waals surface area contributed by atoms with Crippen LogP contribution < -0.4 is 5.32 Å². The van der Waals surface area contributed by atoms with Gasteiger partial charge >= 0.3 is 0 Å². The SMILES string of the molecule is Cc1ccc(S[C@]2(C(=O)NCc3ccccn3)CC(=O)N(Cc3ccc(Cl)cc3)[C@@H]2c2c[nH]c3cc(Cl)ccc23)cc1. The van der Waals surface area contributed by atoms with Crippen molar-refractivity contribution in [3.05, 3.63) is 130 Å². The van der Waals surface area contributed by atoms with Crippen LogP contribution in [0.25, 0.3) is 10.9 Å². The second kappa shape index (κ2) is 11.8. The minimum absolute atomic E-state index is 0.0259. The molecule has 5 aromatic rings. The van der Waals surface area contributed by atoms with E-state index in [1.54, 1.807) is 6.20 Å². The van der Waals surface area contributed by atoms with Gasteiger partial charge in [0.2, 0.25) is 11.8 Å². The van der Waals surface area contributed by atoms with Crippen molar-refractivity contribution in [1.29, 1.82) is 0 Å². The molecule has 1 fully saturated rings. The predicted molar refractivity (Wildman–Crippen MR) is 169 cm³/mol. The molecule has 1 saturated heterocycles. The van der Waals surface area contributed by atoms with Crippen LogP contribution >= 0.6 is 35.0 Å². The number of nitrogens with one attached hydrogen (secondary N) is 2. The molecule has 212 valence electrons. The van der Waals surface area contributed by atoms with Crippen LogP contribution in [0.2, 0.25) is 10.0 Å². The van der Waals surface area contributed by atoms with Crippen molar-refractivity contribution in [3.63, 3.8) is 0 Å². The van der Waals surface area contributed by atoms with Gasteiger partial charge in [0.25, 0.3) is 0 Å². The largest absolute Gasteiger partial charge is 0.361 e. The van der Waals surface area contributed by atoms with Crippen molar-refractivity contribution in [1.82, 2.24) is 20.2 Å². The second-order valence-electron chi connectivity index (χ2n) is 10.5. The lowest BCUT2D eigenvalue weighted by atomic mass is 9.91. The predicted octanol–water partition coefficient (Wildman–Crippen LogP) is 7.50. The number of aryl methyl sites for hydroxylation is 1. The summed E-state index contributed by atoms with van der Waals surface area (Å²) in [5.41, 5.74) is 4.47. The van der Waals surface area contributed by atoms with E-state index in [4.69, 9.17) is 23.2 Å². The third-order valence-electron chi connectivity index (χ3n) is 7.59. The van der Waals surface area contributed by atoms with E-state index < -0.39 is 10.8 Å². The Balaban J connectivity index is 1.49. The number of aromatic nitrogens is 2. The summed E-state index contributed by atoms with van der Waals surface area (Å²) in [6, 6.07) is 26.1. The number of fused-ring (bicyclic) bond motifs is 1. The van der Waals surface area contributed by atoms with Gasteiger partial charge in [0.05, 0.1) is 24.7 Å². The van der Waals surface area contributed by atoms with E-state index in [0.717, 1.165) is 38.2 Å². The van der Waals surface area contributed by atoms with Gasteiger partial charge in [-0.2, -0.15) is 0 Å². The molecule has 0 saturated carbocycles. The highest BCUT2D eigenvalue weighted by Crippen LogP contribution is 2.54. The number of H-pyrrole nitrogens is 1. The summed E-state index contributed by atoms with van der Waals surface area (Å²) in [6.07, 6.45) is 3.62. The Bertz CT molecular complexity index is 1740. The number of amides is 2. The number of halogens is 2. The average Bonchev–Trinajstić information content (AvgIpc) is 3.52.